The van der Waals surface area contributed by atoms with Gasteiger partial charge in [0.15, 0.2) is 0 Å². The van der Waals surface area contributed by atoms with Gasteiger partial charge in [0.25, 0.3) is 0 Å². The molecule has 2 heteroatoms. The van der Waals surface area contributed by atoms with Crippen molar-refractivity contribution < 1.29 is 0 Å². The highest BCUT2D eigenvalue weighted by atomic mass is 32.1. The first-order valence-electron chi connectivity index (χ1n) is 6.09. The Kier molecular flexibility index (Phi) is 2.71. The molecule has 1 aromatic rings. The summed E-state index contributed by atoms with van der Waals surface area (Å²) in [5.41, 5.74) is 0.848. The van der Waals surface area contributed by atoms with Crippen LogP contribution in [-0.2, 0) is 0 Å². The first kappa shape index (κ1) is 12.1. The predicted octanol–water partition coefficient (Wildman–Crippen LogP) is 4.14. The lowest BCUT2D eigenvalue weighted by molar-refractivity contribution is 0.457. The largest absolute Gasteiger partial charge is 0.306 e. The summed E-state index contributed by atoms with van der Waals surface area (Å²) in [7, 11) is 0. The zero-order valence-electron chi connectivity index (χ0n) is 11.2. The van der Waals surface area contributed by atoms with Crippen LogP contribution in [-0.4, -0.2) is 6.04 Å². The van der Waals surface area contributed by atoms with Crippen molar-refractivity contribution in [3.63, 3.8) is 0 Å². The smallest absolute Gasteiger partial charge is 0.0388 e. The summed E-state index contributed by atoms with van der Waals surface area (Å²) in [6.45, 7) is 13.9. The zero-order chi connectivity index (χ0) is 12.1. The van der Waals surface area contributed by atoms with Crippen LogP contribution in [0.3, 0.4) is 0 Å². The van der Waals surface area contributed by atoms with Gasteiger partial charge in [-0.25, -0.2) is 0 Å². The molecule has 0 amide bonds. The summed E-state index contributed by atoms with van der Waals surface area (Å²) >= 11 is 1.90. The van der Waals surface area contributed by atoms with Gasteiger partial charge in [0.05, 0.1) is 0 Å². The van der Waals surface area contributed by atoms with Crippen LogP contribution in [0.15, 0.2) is 12.1 Å². The average molecular weight is 237 g/mol. The van der Waals surface area contributed by atoms with Gasteiger partial charge >= 0.3 is 0 Å². The van der Waals surface area contributed by atoms with E-state index in [9.17, 15) is 0 Å². The standard InChI is InChI=1S/C14H23NS/c1-9-7-8-11(16-9)10(2)15-12-13(3,4)14(12,5)6/h7-8,10,12,15H,1-6H3. The molecule has 16 heavy (non-hydrogen) atoms. The van der Waals surface area contributed by atoms with E-state index in [4.69, 9.17) is 0 Å². The van der Waals surface area contributed by atoms with Crippen LogP contribution >= 0.6 is 11.3 Å². The molecular formula is C14H23NS. The highest BCUT2D eigenvalue weighted by Crippen LogP contribution is 2.63. The maximum absolute atomic E-state index is 3.77. The van der Waals surface area contributed by atoms with E-state index in [0.717, 1.165) is 0 Å². The van der Waals surface area contributed by atoms with Crippen molar-refractivity contribution in [1.29, 1.82) is 0 Å². The molecule has 0 aliphatic heterocycles. The molecule has 90 valence electrons. The molecule has 1 aliphatic carbocycles. The minimum atomic E-state index is 0.424. The van der Waals surface area contributed by atoms with Gasteiger partial charge in [-0.2, -0.15) is 0 Å². The third-order valence-corrected chi connectivity index (χ3v) is 5.81. The Labute approximate surface area is 103 Å². The minimum Gasteiger partial charge on any atom is -0.306 e. The van der Waals surface area contributed by atoms with Crippen LogP contribution in [0.2, 0.25) is 0 Å². The Morgan fingerprint density at radius 3 is 2.12 bits per heavy atom. The third kappa shape index (κ3) is 1.72. The molecule has 1 fully saturated rings. The van der Waals surface area contributed by atoms with E-state index in [-0.39, 0.29) is 0 Å². The topological polar surface area (TPSA) is 12.0 Å². The number of nitrogens with one attached hydrogen (secondary N) is 1. The van der Waals surface area contributed by atoms with Gasteiger partial charge in [0, 0.05) is 21.8 Å². The Morgan fingerprint density at radius 2 is 1.75 bits per heavy atom. The minimum absolute atomic E-state index is 0.424. The normalized spacial score (nSPS) is 24.4. The summed E-state index contributed by atoms with van der Waals surface area (Å²) in [5.74, 6) is 0. The lowest BCUT2D eigenvalue weighted by atomic mass is 10.0. The fourth-order valence-corrected chi connectivity index (χ4v) is 3.52. The molecule has 1 heterocycles. The predicted molar refractivity (Wildman–Crippen MR) is 72.0 cm³/mol. The quantitative estimate of drug-likeness (QED) is 0.833. The molecule has 1 unspecified atom stereocenters. The highest BCUT2D eigenvalue weighted by Gasteiger charge is 2.64. The van der Waals surface area contributed by atoms with Crippen LogP contribution in [0.4, 0.5) is 0 Å². The molecule has 1 N–H and O–H groups in total. The molecule has 0 bridgehead atoms. The maximum atomic E-state index is 3.77. The number of aryl methyl sites for hydroxylation is 1. The SMILES string of the molecule is Cc1ccc(C(C)NC2C(C)(C)C2(C)C)s1. The number of rotatable bonds is 3. The fourth-order valence-electron chi connectivity index (χ4n) is 2.63. The van der Waals surface area contributed by atoms with E-state index in [1.165, 1.54) is 9.75 Å². The fraction of sp³-hybridized carbons (Fsp3) is 0.714. The summed E-state index contributed by atoms with van der Waals surface area (Å²) in [6, 6.07) is 5.57. The Bertz CT molecular complexity index is 375. The van der Waals surface area contributed by atoms with Gasteiger partial charge in [-0.1, -0.05) is 27.7 Å². The van der Waals surface area contributed by atoms with Crippen molar-refractivity contribution in [2.24, 2.45) is 10.8 Å². The summed E-state index contributed by atoms with van der Waals surface area (Å²) in [4.78, 5) is 2.86. The molecule has 1 aromatic heterocycles. The molecule has 2 rings (SSSR count). The van der Waals surface area contributed by atoms with Gasteiger partial charge < -0.3 is 5.32 Å². The van der Waals surface area contributed by atoms with E-state index in [1.54, 1.807) is 0 Å². The molecule has 0 spiro atoms. The van der Waals surface area contributed by atoms with Crippen molar-refractivity contribution in [2.75, 3.05) is 0 Å². The molecular weight excluding hydrogens is 214 g/mol. The molecule has 0 radical (unpaired) electrons. The molecule has 1 saturated carbocycles. The number of hydrogen-bond donors (Lipinski definition) is 1. The van der Waals surface area contributed by atoms with E-state index >= 15 is 0 Å². The number of thiophene rings is 1. The maximum Gasteiger partial charge on any atom is 0.0388 e. The highest BCUT2D eigenvalue weighted by molar-refractivity contribution is 7.12. The zero-order valence-corrected chi connectivity index (χ0v) is 12.0. The van der Waals surface area contributed by atoms with E-state index in [1.807, 2.05) is 11.3 Å². The lowest BCUT2D eigenvalue weighted by Gasteiger charge is -2.13. The lowest BCUT2D eigenvalue weighted by Crippen LogP contribution is -2.25. The first-order valence-corrected chi connectivity index (χ1v) is 6.91. The van der Waals surface area contributed by atoms with Crippen molar-refractivity contribution in [3.8, 4) is 0 Å². The van der Waals surface area contributed by atoms with Crippen LogP contribution in [0.5, 0.6) is 0 Å². The van der Waals surface area contributed by atoms with Crippen molar-refractivity contribution >= 4 is 11.3 Å². The molecule has 0 aromatic carbocycles. The van der Waals surface area contributed by atoms with Gasteiger partial charge in [-0.15, -0.1) is 11.3 Å². The van der Waals surface area contributed by atoms with Gasteiger partial charge in [0.1, 0.15) is 0 Å². The molecule has 1 atom stereocenters. The van der Waals surface area contributed by atoms with E-state index in [0.29, 0.717) is 22.9 Å². The molecule has 0 saturated heterocycles. The Hall–Kier alpha value is -0.340. The summed E-state index contributed by atoms with van der Waals surface area (Å²) in [5, 5.41) is 3.77. The van der Waals surface area contributed by atoms with Crippen molar-refractivity contribution in [1.82, 2.24) is 5.32 Å². The van der Waals surface area contributed by atoms with Gasteiger partial charge in [-0.3, -0.25) is 0 Å². The second-order valence-corrected chi connectivity index (χ2v) is 7.53. The van der Waals surface area contributed by atoms with Gasteiger partial charge in [-0.05, 0) is 36.8 Å². The average Bonchev–Trinajstić information content (AvgIpc) is 2.58. The second-order valence-electron chi connectivity index (χ2n) is 6.21. The van der Waals surface area contributed by atoms with Crippen LogP contribution in [0.1, 0.15) is 50.4 Å². The van der Waals surface area contributed by atoms with Crippen LogP contribution in [0.25, 0.3) is 0 Å². The number of hydrogen-bond acceptors (Lipinski definition) is 2. The van der Waals surface area contributed by atoms with Crippen molar-refractivity contribution in [3.05, 3.63) is 21.9 Å². The first-order chi connectivity index (χ1) is 7.26. The molecule has 1 nitrogen and oxygen atoms in total. The third-order valence-electron chi connectivity index (χ3n) is 4.63. The summed E-state index contributed by atoms with van der Waals surface area (Å²) in [6.07, 6.45) is 0. The molecule has 1 aliphatic rings. The van der Waals surface area contributed by atoms with Gasteiger partial charge in [0.2, 0.25) is 0 Å². The second kappa shape index (κ2) is 3.58. The van der Waals surface area contributed by atoms with Crippen LogP contribution < -0.4 is 5.32 Å². The Balaban J connectivity index is 2.03. The van der Waals surface area contributed by atoms with E-state index in [2.05, 4.69) is 59.0 Å². The Morgan fingerprint density at radius 1 is 1.19 bits per heavy atom. The monoisotopic (exact) mass is 237 g/mol. The summed E-state index contributed by atoms with van der Waals surface area (Å²) < 4.78 is 0. The van der Waals surface area contributed by atoms with Crippen LogP contribution in [0, 0.1) is 17.8 Å². The van der Waals surface area contributed by atoms with E-state index < -0.39 is 0 Å². The van der Waals surface area contributed by atoms with Crippen molar-refractivity contribution in [2.45, 2.75) is 53.6 Å².